The lowest BCUT2D eigenvalue weighted by Gasteiger charge is -2.51. The summed E-state index contributed by atoms with van der Waals surface area (Å²) in [5.74, 6) is 0. The Morgan fingerprint density at radius 1 is 0.833 bits per heavy atom. The highest BCUT2D eigenvalue weighted by Crippen LogP contribution is 2.44. The van der Waals surface area contributed by atoms with Crippen molar-refractivity contribution in [2.45, 2.75) is 57.5 Å². The van der Waals surface area contributed by atoms with Crippen molar-refractivity contribution in [2.75, 3.05) is 39.3 Å². The molecule has 0 unspecified atom stereocenters. The monoisotopic (exact) mass is 446 g/mol. The molecule has 4 heterocycles. The largest absolute Gasteiger partial charge is 0.368 e. The minimum absolute atomic E-state index is 0.225. The second-order valence-corrected chi connectivity index (χ2v) is 11.3. The van der Waals surface area contributed by atoms with Crippen LogP contribution in [0.1, 0.15) is 56.4 Å². The fourth-order valence-electron chi connectivity index (χ4n) is 5.61. The molecule has 2 saturated heterocycles. The first-order valence-electron chi connectivity index (χ1n) is 11.4. The highest BCUT2D eigenvalue weighted by molar-refractivity contribution is 7.08. The van der Waals surface area contributed by atoms with Crippen LogP contribution in [0.4, 0.5) is 0 Å². The van der Waals surface area contributed by atoms with E-state index in [9.17, 15) is 0 Å². The van der Waals surface area contributed by atoms with Gasteiger partial charge < -0.3 is 9.47 Å². The second kappa shape index (κ2) is 9.00. The van der Waals surface area contributed by atoms with Crippen molar-refractivity contribution >= 4 is 22.7 Å². The van der Waals surface area contributed by atoms with Gasteiger partial charge in [0.05, 0.1) is 24.4 Å². The van der Waals surface area contributed by atoms with E-state index >= 15 is 0 Å². The number of morpholine rings is 2. The number of rotatable bonds is 6. The molecule has 1 saturated carbocycles. The molecule has 6 heteroatoms. The lowest BCUT2D eigenvalue weighted by atomic mass is 9.67. The van der Waals surface area contributed by atoms with Gasteiger partial charge in [-0.05, 0) is 76.9 Å². The SMILES string of the molecule is C[C@@H]1CN(CC2(CN3C[C@H](C)O[C@@H](c4ccsc4)C3)CCC2)C[C@H](c2ccsc2)O1. The van der Waals surface area contributed by atoms with Crippen molar-refractivity contribution in [3.05, 3.63) is 44.8 Å². The van der Waals surface area contributed by atoms with Crippen molar-refractivity contribution in [3.63, 3.8) is 0 Å². The zero-order valence-corrected chi connectivity index (χ0v) is 19.8. The quantitative estimate of drug-likeness (QED) is 0.609. The van der Waals surface area contributed by atoms with E-state index in [1.807, 2.05) is 0 Å². The van der Waals surface area contributed by atoms with Gasteiger partial charge in [0, 0.05) is 39.3 Å². The molecule has 3 aliphatic rings. The first-order valence-corrected chi connectivity index (χ1v) is 13.3. The second-order valence-electron chi connectivity index (χ2n) is 9.73. The van der Waals surface area contributed by atoms with E-state index in [0.29, 0.717) is 17.6 Å². The van der Waals surface area contributed by atoms with Crippen molar-refractivity contribution < 1.29 is 9.47 Å². The minimum Gasteiger partial charge on any atom is -0.368 e. The Kier molecular flexibility index (Phi) is 6.33. The van der Waals surface area contributed by atoms with Crippen LogP contribution in [-0.4, -0.2) is 61.3 Å². The van der Waals surface area contributed by atoms with Crippen LogP contribution in [0.3, 0.4) is 0 Å². The third-order valence-electron chi connectivity index (χ3n) is 7.03. The summed E-state index contributed by atoms with van der Waals surface area (Å²) >= 11 is 3.54. The summed E-state index contributed by atoms with van der Waals surface area (Å²) in [6, 6.07) is 4.45. The Labute approximate surface area is 188 Å². The van der Waals surface area contributed by atoms with Crippen molar-refractivity contribution in [1.29, 1.82) is 0 Å². The van der Waals surface area contributed by atoms with Crippen molar-refractivity contribution in [2.24, 2.45) is 5.41 Å². The molecule has 0 amide bonds. The Morgan fingerprint density at radius 2 is 1.33 bits per heavy atom. The summed E-state index contributed by atoms with van der Waals surface area (Å²) in [6.45, 7) is 11.0. The molecule has 3 fully saturated rings. The molecule has 0 radical (unpaired) electrons. The van der Waals surface area contributed by atoms with Gasteiger partial charge in [-0.2, -0.15) is 22.7 Å². The van der Waals surface area contributed by atoms with Gasteiger partial charge in [-0.15, -0.1) is 0 Å². The van der Waals surface area contributed by atoms with Gasteiger partial charge in [0.15, 0.2) is 0 Å². The molecule has 0 aromatic carbocycles. The lowest BCUT2D eigenvalue weighted by Crippen LogP contribution is -2.55. The Morgan fingerprint density at radius 3 is 1.70 bits per heavy atom. The maximum Gasteiger partial charge on any atom is 0.0964 e. The highest BCUT2D eigenvalue weighted by atomic mass is 32.1. The van der Waals surface area contributed by atoms with Gasteiger partial charge in [0.2, 0.25) is 0 Å². The van der Waals surface area contributed by atoms with Gasteiger partial charge in [-0.3, -0.25) is 9.80 Å². The van der Waals surface area contributed by atoms with Crippen LogP contribution in [-0.2, 0) is 9.47 Å². The van der Waals surface area contributed by atoms with E-state index in [4.69, 9.17) is 9.47 Å². The summed E-state index contributed by atoms with van der Waals surface area (Å²) in [4.78, 5) is 5.38. The van der Waals surface area contributed by atoms with Crippen LogP contribution in [0.5, 0.6) is 0 Å². The maximum atomic E-state index is 6.29. The van der Waals surface area contributed by atoms with Gasteiger partial charge in [-0.1, -0.05) is 6.42 Å². The topological polar surface area (TPSA) is 24.9 Å². The average molecular weight is 447 g/mol. The smallest absolute Gasteiger partial charge is 0.0964 e. The molecule has 1 aliphatic carbocycles. The molecule has 164 valence electrons. The third kappa shape index (κ3) is 4.69. The molecular weight excluding hydrogens is 412 g/mol. The van der Waals surface area contributed by atoms with E-state index < -0.39 is 0 Å². The minimum atomic E-state index is 0.225. The molecule has 0 spiro atoms. The molecule has 0 N–H and O–H groups in total. The highest BCUT2D eigenvalue weighted by Gasteiger charge is 2.43. The summed E-state index contributed by atoms with van der Waals surface area (Å²) in [5, 5.41) is 8.83. The zero-order valence-electron chi connectivity index (χ0n) is 18.2. The number of ether oxygens (including phenoxy) is 2. The van der Waals surface area contributed by atoms with Crippen LogP contribution in [0, 0.1) is 5.41 Å². The van der Waals surface area contributed by atoms with Crippen LogP contribution in [0.2, 0.25) is 0 Å². The third-order valence-corrected chi connectivity index (χ3v) is 8.44. The summed E-state index contributed by atoms with van der Waals surface area (Å²) < 4.78 is 12.6. The van der Waals surface area contributed by atoms with E-state index in [1.54, 1.807) is 22.7 Å². The molecular formula is C24H34N2O2S2. The van der Waals surface area contributed by atoms with Gasteiger partial charge in [-0.25, -0.2) is 0 Å². The Hall–Kier alpha value is -0.760. The molecule has 4 atom stereocenters. The molecule has 2 aromatic heterocycles. The summed E-state index contributed by atoms with van der Waals surface area (Å²) in [7, 11) is 0. The normalized spacial score (nSPS) is 32.7. The summed E-state index contributed by atoms with van der Waals surface area (Å²) in [6.07, 6.45) is 5.14. The van der Waals surface area contributed by atoms with Crippen LogP contribution >= 0.6 is 22.7 Å². The van der Waals surface area contributed by atoms with Gasteiger partial charge in [0.1, 0.15) is 0 Å². The fraction of sp³-hybridized carbons (Fsp3) is 0.667. The van der Waals surface area contributed by atoms with Gasteiger partial charge in [0.25, 0.3) is 0 Å². The van der Waals surface area contributed by atoms with E-state index in [2.05, 4.69) is 57.3 Å². The summed E-state index contributed by atoms with van der Waals surface area (Å²) in [5.41, 5.74) is 3.13. The zero-order chi connectivity index (χ0) is 20.6. The van der Waals surface area contributed by atoms with Crippen molar-refractivity contribution in [3.8, 4) is 0 Å². The average Bonchev–Trinajstić information content (AvgIpc) is 3.39. The van der Waals surface area contributed by atoms with Crippen LogP contribution in [0.25, 0.3) is 0 Å². The molecule has 4 nitrogen and oxygen atoms in total. The van der Waals surface area contributed by atoms with E-state index in [-0.39, 0.29) is 12.2 Å². The number of thiophene rings is 2. The Balaban J connectivity index is 1.24. The first kappa shape index (κ1) is 21.1. The van der Waals surface area contributed by atoms with E-state index in [0.717, 1.165) is 26.2 Å². The van der Waals surface area contributed by atoms with Gasteiger partial charge >= 0.3 is 0 Å². The predicted octanol–water partition coefficient (Wildman–Crippen LogP) is 5.20. The van der Waals surface area contributed by atoms with Crippen LogP contribution in [0.15, 0.2) is 33.7 Å². The lowest BCUT2D eigenvalue weighted by molar-refractivity contribution is -0.114. The molecule has 0 bridgehead atoms. The van der Waals surface area contributed by atoms with Crippen molar-refractivity contribution in [1.82, 2.24) is 9.80 Å². The molecule has 5 rings (SSSR count). The molecule has 2 aromatic rings. The Bertz CT molecular complexity index is 728. The molecule has 2 aliphatic heterocycles. The fourth-order valence-corrected chi connectivity index (χ4v) is 7.02. The number of hydrogen-bond donors (Lipinski definition) is 0. The standard InChI is InChI=1S/C24H34N2O2S2/c1-18-10-25(12-22(27-18)20-4-8-29-14-20)16-24(6-3-7-24)17-26-11-19(2)28-23(13-26)21-5-9-30-15-21/h4-5,8-9,14-15,18-19,22-23H,3,6-7,10-13,16-17H2,1-2H3/t18-,19+,22-,23-/m1/s1. The number of nitrogens with zero attached hydrogens (tertiary/aromatic N) is 2. The van der Waals surface area contributed by atoms with E-state index in [1.165, 1.54) is 43.5 Å². The maximum absolute atomic E-state index is 6.29. The predicted molar refractivity (Wildman–Crippen MR) is 124 cm³/mol. The molecule has 30 heavy (non-hydrogen) atoms. The van der Waals surface area contributed by atoms with Crippen LogP contribution < -0.4 is 0 Å². The first-order chi connectivity index (χ1) is 14.6. The number of hydrogen-bond acceptors (Lipinski definition) is 6.